The Balaban J connectivity index is 1.92. The second-order valence-electron chi connectivity index (χ2n) is 5.49. The lowest BCUT2D eigenvalue weighted by Gasteiger charge is -2.17. The summed E-state index contributed by atoms with van der Waals surface area (Å²) in [7, 11) is 0. The van der Waals surface area contributed by atoms with Gasteiger partial charge in [-0.25, -0.2) is 4.99 Å². The SMILES string of the molecule is CC1CCc2c(sc(/N=C/c3ccc(O)cc3)c2C#N)C1. The van der Waals surface area contributed by atoms with Crippen LogP contribution >= 0.6 is 11.3 Å². The van der Waals surface area contributed by atoms with Crippen molar-refractivity contribution in [1.82, 2.24) is 0 Å². The van der Waals surface area contributed by atoms with Gasteiger partial charge >= 0.3 is 0 Å². The molecular weight excluding hydrogens is 280 g/mol. The van der Waals surface area contributed by atoms with E-state index in [0.29, 0.717) is 5.92 Å². The van der Waals surface area contributed by atoms with E-state index in [2.05, 4.69) is 18.0 Å². The average molecular weight is 296 g/mol. The Kier molecular flexibility index (Phi) is 3.76. The molecule has 0 radical (unpaired) electrons. The first-order valence-corrected chi connectivity index (χ1v) is 7.86. The van der Waals surface area contributed by atoms with Gasteiger partial charge in [0.1, 0.15) is 16.8 Å². The quantitative estimate of drug-likeness (QED) is 0.844. The molecule has 1 N–H and O–H groups in total. The van der Waals surface area contributed by atoms with Crippen molar-refractivity contribution in [3.8, 4) is 11.8 Å². The number of aromatic hydroxyl groups is 1. The number of fused-ring (bicyclic) bond motifs is 1. The number of hydrogen-bond acceptors (Lipinski definition) is 4. The number of aliphatic imine (C=N–C) groups is 1. The number of nitrogens with zero attached hydrogens (tertiary/aromatic N) is 2. The molecule has 0 aliphatic heterocycles. The van der Waals surface area contributed by atoms with E-state index < -0.39 is 0 Å². The molecule has 1 aliphatic carbocycles. The smallest absolute Gasteiger partial charge is 0.134 e. The molecule has 1 heterocycles. The summed E-state index contributed by atoms with van der Waals surface area (Å²) < 4.78 is 0. The van der Waals surface area contributed by atoms with Crippen LogP contribution < -0.4 is 0 Å². The van der Waals surface area contributed by atoms with Gasteiger partial charge in [-0.2, -0.15) is 5.26 Å². The minimum atomic E-state index is 0.241. The fraction of sp³-hybridized carbons (Fsp3) is 0.294. The maximum atomic E-state index is 9.41. The van der Waals surface area contributed by atoms with Crippen LogP contribution in [0.4, 0.5) is 5.00 Å². The fourth-order valence-corrected chi connectivity index (χ4v) is 3.94. The minimum absolute atomic E-state index is 0.241. The van der Waals surface area contributed by atoms with Gasteiger partial charge in [0, 0.05) is 11.1 Å². The highest BCUT2D eigenvalue weighted by atomic mass is 32.1. The van der Waals surface area contributed by atoms with Gasteiger partial charge in [0.05, 0.1) is 5.56 Å². The summed E-state index contributed by atoms with van der Waals surface area (Å²) >= 11 is 1.64. The van der Waals surface area contributed by atoms with Crippen LogP contribution in [0.2, 0.25) is 0 Å². The van der Waals surface area contributed by atoms with Gasteiger partial charge in [-0.05, 0) is 60.6 Å². The van der Waals surface area contributed by atoms with E-state index in [-0.39, 0.29) is 5.75 Å². The summed E-state index contributed by atoms with van der Waals surface area (Å²) in [5.74, 6) is 0.932. The molecule has 2 aromatic rings. The molecule has 3 nitrogen and oxygen atoms in total. The molecule has 1 aromatic heterocycles. The zero-order valence-corrected chi connectivity index (χ0v) is 12.7. The van der Waals surface area contributed by atoms with Crippen LogP contribution in [-0.2, 0) is 12.8 Å². The van der Waals surface area contributed by atoms with Crippen molar-refractivity contribution < 1.29 is 5.11 Å². The highest BCUT2D eigenvalue weighted by Crippen LogP contribution is 2.40. The van der Waals surface area contributed by atoms with E-state index in [0.717, 1.165) is 35.4 Å². The Hall–Kier alpha value is -2.12. The molecular formula is C17H16N2OS. The van der Waals surface area contributed by atoms with Gasteiger partial charge in [-0.3, -0.25) is 0 Å². The van der Waals surface area contributed by atoms with Crippen LogP contribution in [-0.4, -0.2) is 11.3 Å². The topological polar surface area (TPSA) is 56.4 Å². The van der Waals surface area contributed by atoms with Crippen molar-refractivity contribution in [2.75, 3.05) is 0 Å². The zero-order valence-electron chi connectivity index (χ0n) is 11.8. The Labute approximate surface area is 128 Å². The van der Waals surface area contributed by atoms with Gasteiger partial charge in [0.15, 0.2) is 0 Å². The molecule has 1 aromatic carbocycles. The molecule has 1 atom stereocenters. The van der Waals surface area contributed by atoms with Crippen molar-refractivity contribution in [3.63, 3.8) is 0 Å². The maximum Gasteiger partial charge on any atom is 0.134 e. The van der Waals surface area contributed by atoms with Crippen molar-refractivity contribution >= 4 is 22.6 Å². The van der Waals surface area contributed by atoms with E-state index in [9.17, 15) is 10.4 Å². The Morgan fingerprint density at radius 2 is 2.14 bits per heavy atom. The number of phenolic OH excluding ortho intramolecular Hbond substituents is 1. The van der Waals surface area contributed by atoms with Gasteiger partial charge in [-0.1, -0.05) is 6.92 Å². The van der Waals surface area contributed by atoms with Crippen LogP contribution in [0.5, 0.6) is 5.75 Å². The molecule has 1 aliphatic rings. The first kappa shape index (κ1) is 13.8. The molecule has 0 amide bonds. The second-order valence-corrected chi connectivity index (χ2v) is 6.58. The minimum Gasteiger partial charge on any atom is -0.508 e. The third kappa shape index (κ3) is 2.84. The monoisotopic (exact) mass is 296 g/mol. The van der Waals surface area contributed by atoms with E-state index in [1.54, 1.807) is 41.8 Å². The highest BCUT2D eigenvalue weighted by molar-refractivity contribution is 7.16. The van der Waals surface area contributed by atoms with E-state index >= 15 is 0 Å². The Morgan fingerprint density at radius 3 is 2.86 bits per heavy atom. The number of thiophene rings is 1. The summed E-state index contributed by atoms with van der Waals surface area (Å²) in [5, 5.41) is 19.5. The standard InChI is InChI=1S/C17H16N2OS/c1-11-2-7-14-15(9-18)17(21-16(14)8-11)19-10-12-3-5-13(20)6-4-12/h3-6,10-11,20H,2,7-8H2,1H3/b19-10+. The predicted molar refractivity (Wildman–Crippen MR) is 85.6 cm³/mol. The number of hydrogen-bond donors (Lipinski definition) is 1. The second kappa shape index (κ2) is 5.71. The first-order chi connectivity index (χ1) is 10.2. The van der Waals surface area contributed by atoms with Crippen LogP contribution in [0.3, 0.4) is 0 Å². The van der Waals surface area contributed by atoms with E-state index in [1.807, 2.05) is 0 Å². The normalized spacial score (nSPS) is 17.6. The van der Waals surface area contributed by atoms with Crippen molar-refractivity contribution in [2.24, 2.45) is 10.9 Å². The number of phenols is 1. The summed E-state index contributed by atoms with van der Waals surface area (Å²) in [4.78, 5) is 5.82. The highest BCUT2D eigenvalue weighted by Gasteiger charge is 2.23. The van der Waals surface area contributed by atoms with Crippen molar-refractivity contribution in [1.29, 1.82) is 5.26 Å². The molecule has 0 saturated carbocycles. The van der Waals surface area contributed by atoms with Crippen molar-refractivity contribution in [2.45, 2.75) is 26.2 Å². The lowest BCUT2D eigenvalue weighted by molar-refractivity contribution is 0.475. The molecule has 4 heteroatoms. The van der Waals surface area contributed by atoms with Gasteiger partial charge < -0.3 is 5.11 Å². The van der Waals surface area contributed by atoms with Gasteiger partial charge in [0.25, 0.3) is 0 Å². The summed E-state index contributed by atoms with van der Waals surface area (Å²) in [6.07, 6.45) is 4.95. The molecule has 0 fully saturated rings. The molecule has 106 valence electrons. The lowest BCUT2D eigenvalue weighted by atomic mass is 9.89. The average Bonchev–Trinajstić information content (AvgIpc) is 2.83. The molecule has 3 rings (SSSR count). The van der Waals surface area contributed by atoms with Crippen molar-refractivity contribution in [3.05, 3.63) is 45.8 Å². The maximum absolute atomic E-state index is 9.41. The molecule has 1 unspecified atom stereocenters. The van der Waals surface area contributed by atoms with Crippen LogP contribution in [0.15, 0.2) is 29.3 Å². The summed E-state index contributed by atoms with van der Waals surface area (Å²) in [6, 6.07) is 9.20. The number of nitriles is 1. The van der Waals surface area contributed by atoms with Crippen LogP contribution in [0.25, 0.3) is 0 Å². The zero-order chi connectivity index (χ0) is 14.8. The van der Waals surface area contributed by atoms with E-state index in [4.69, 9.17) is 0 Å². The lowest BCUT2D eigenvalue weighted by Crippen LogP contribution is -2.09. The summed E-state index contributed by atoms with van der Waals surface area (Å²) in [5.41, 5.74) is 2.87. The van der Waals surface area contributed by atoms with Gasteiger partial charge in [0.2, 0.25) is 0 Å². The van der Waals surface area contributed by atoms with Crippen LogP contribution in [0, 0.1) is 17.2 Å². The largest absolute Gasteiger partial charge is 0.508 e. The molecule has 0 spiro atoms. The summed E-state index contributed by atoms with van der Waals surface area (Å²) in [6.45, 7) is 2.26. The third-order valence-corrected chi connectivity index (χ3v) is 4.99. The predicted octanol–water partition coefficient (Wildman–Crippen LogP) is 4.20. The Bertz CT molecular complexity index is 722. The van der Waals surface area contributed by atoms with E-state index in [1.165, 1.54) is 10.4 Å². The third-order valence-electron chi connectivity index (χ3n) is 3.83. The van der Waals surface area contributed by atoms with Gasteiger partial charge in [-0.15, -0.1) is 11.3 Å². The number of rotatable bonds is 2. The molecule has 21 heavy (non-hydrogen) atoms. The molecule has 0 bridgehead atoms. The number of benzene rings is 1. The Morgan fingerprint density at radius 1 is 1.38 bits per heavy atom. The van der Waals surface area contributed by atoms with Crippen LogP contribution in [0.1, 0.15) is 34.9 Å². The fourth-order valence-electron chi connectivity index (χ4n) is 2.64. The first-order valence-electron chi connectivity index (χ1n) is 7.05. The molecule has 0 saturated heterocycles.